The second kappa shape index (κ2) is 8.35. The van der Waals surface area contributed by atoms with Gasteiger partial charge in [0, 0.05) is 38.8 Å². The zero-order valence-corrected chi connectivity index (χ0v) is 17.0. The number of ether oxygens (including phenoxy) is 1. The van der Waals surface area contributed by atoms with Crippen LogP contribution in [0.4, 0.5) is 5.69 Å². The minimum Gasteiger partial charge on any atom is -0.497 e. The van der Waals surface area contributed by atoms with Gasteiger partial charge in [0.1, 0.15) is 5.75 Å². The Bertz CT molecular complexity index is 906. The number of anilines is 1. The van der Waals surface area contributed by atoms with Crippen molar-refractivity contribution in [2.45, 2.75) is 25.9 Å². The van der Waals surface area contributed by atoms with E-state index in [1.807, 2.05) is 0 Å². The van der Waals surface area contributed by atoms with E-state index in [9.17, 15) is 9.59 Å². The molecule has 0 aliphatic carbocycles. The van der Waals surface area contributed by atoms with Crippen LogP contribution in [0.15, 0.2) is 48.5 Å². The van der Waals surface area contributed by atoms with Crippen LogP contribution in [0.3, 0.4) is 0 Å². The van der Waals surface area contributed by atoms with Gasteiger partial charge in [-0.2, -0.15) is 0 Å². The summed E-state index contributed by atoms with van der Waals surface area (Å²) in [5.41, 5.74) is 3.17. The van der Waals surface area contributed by atoms with Crippen molar-refractivity contribution in [1.29, 1.82) is 0 Å². The Kier molecular flexibility index (Phi) is 5.65. The lowest BCUT2D eigenvalue weighted by Crippen LogP contribution is -2.52. The fourth-order valence-electron chi connectivity index (χ4n) is 4.22. The first kappa shape index (κ1) is 19.6. The quantitative estimate of drug-likeness (QED) is 0.731. The Hall–Kier alpha value is -2.70. The molecule has 29 heavy (non-hydrogen) atoms. The van der Waals surface area contributed by atoms with Crippen LogP contribution in [0.1, 0.15) is 17.5 Å². The monoisotopic (exact) mass is 393 g/mol. The molecule has 2 heterocycles. The highest BCUT2D eigenvalue weighted by molar-refractivity contribution is 6.22. The third-order valence-electron chi connectivity index (χ3n) is 5.77. The van der Waals surface area contributed by atoms with Gasteiger partial charge in [0.05, 0.1) is 25.3 Å². The van der Waals surface area contributed by atoms with Gasteiger partial charge in [-0.25, -0.2) is 4.90 Å². The number of nitrogens with zero attached hydrogens (tertiary/aromatic N) is 3. The molecule has 2 amide bonds. The highest BCUT2D eigenvalue weighted by atomic mass is 16.5. The minimum atomic E-state index is -0.366. The zero-order valence-electron chi connectivity index (χ0n) is 17.0. The Morgan fingerprint density at radius 2 is 1.76 bits per heavy atom. The first-order valence-corrected chi connectivity index (χ1v) is 10.1. The van der Waals surface area contributed by atoms with Crippen LogP contribution in [-0.4, -0.2) is 60.9 Å². The molecule has 2 fully saturated rings. The third kappa shape index (κ3) is 4.18. The maximum Gasteiger partial charge on any atom is 0.251 e. The van der Waals surface area contributed by atoms with Crippen LogP contribution in [0.5, 0.6) is 5.75 Å². The molecule has 2 aromatic carbocycles. The molecule has 0 aromatic heterocycles. The van der Waals surface area contributed by atoms with Crippen LogP contribution in [0, 0.1) is 6.92 Å². The largest absolute Gasteiger partial charge is 0.497 e. The second-order valence-corrected chi connectivity index (χ2v) is 7.79. The predicted octanol–water partition coefficient (Wildman–Crippen LogP) is 2.45. The normalized spacial score (nSPS) is 21.0. The highest BCUT2D eigenvalue weighted by Gasteiger charge is 2.43. The molecule has 0 radical (unpaired) electrons. The average molecular weight is 393 g/mol. The van der Waals surface area contributed by atoms with E-state index in [0.29, 0.717) is 11.4 Å². The van der Waals surface area contributed by atoms with Crippen LogP contribution in [0.25, 0.3) is 0 Å². The van der Waals surface area contributed by atoms with E-state index >= 15 is 0 Å². The van der Waals surface area contributed by atoms with Gasteiger partial charge in [0.25, 0.3) is 5.91 Å². The molecule has 6 heteroatoms. The van der Waals surface area contributed by atoms with E-state index in [2.05, 4.69) is 41.0 Å². The van der Waals surface area contributed by atoms with E-state index in [4.69, 9.17) is 4.74 Å². The lowest BCUT2D eigenvalue weighted by molar-refractivity contribution is -0.123. The number of hydrogen-bond donors (Lipinski definition) is 0. The summed E-state index contributed by atoms with van der Waals surface area (Å²) in [6.45, 7) is 6.40. The fraction of sp³-hybridized carbons (Fsp3) is 0.391. The van der Waals surface area contributed by atoms with Gasteiger partial charge in [-0.15, -0.1) is 0 Å². The molecular formula is C23H27N3O3. The molecule has 0 bridgehead atoms. The molecule has 2 aliphatic heterocycles. The first-order valence-electron chi connectivity index (χ1n) is 10.1. The van der Waals surface area contributed by atoms with Crippen molar-refractivity contribution in [3.05, 3.63) is 59.7 Å². The van der Waals surface area contributed by atoms with Gasteiger partial charge < -0.3 is 4.74 Å². The number of methoxy groups -OCH3 is 1. The first-order chi connectivity index (χ1) is 14.0. The number of piperazine rings is 1. The van der Waals surface area contributed by atoms with Gasteiger partial charge in [0.15, 0.2) is 0 Å². The number of carbonyl (C=O) groups excluding carboxylic acids is 2. The van der Waals surface area contributed by atoms with Crippen molar-refractivity contribution in [2.24, 2.45) is 0 Å². The van der Waals surface area contributed by atoms with E-state index in [1.54, 1.807) is 31.4 Å². The van der Waals surface area contributed by atoms with Crippen molar-refractivity contribution in [3.8, 4) is 5.75 Å². The fourth-order valence-corrected chi connectivity index (χ4v) is 4.22. The number of amides is 2. The number of rotatable bonds is 5. The second-order valence-electron chi connectivity index (χ2n) is 7.79. The molecule has 2 aliphatic rings. The number of hydrogen-bond acceptors (Lipinski definition) is 5. The van der Waals surface area contributed by atoms with Crippen LogP contribution < -0.4 is 9.64 Å². The Labute approximate surface area is 171 Å². The standard InChI is InChI=1S/C23H27N3O3/c1-17-5-3-6-18(13-17)16-24-9-11-25(12-10-24)21-15-22(27)26(23(21)28)19-7-4-8-20(14-19)29-2/h3-8,13-14,21H,9-12,15-16H2,1-2H3/t21-/m1/s1. The van der Waals surface area contributed by atoms with E-state index in [-0.39, 0.29) is 24.3 Å². The Morgan fingerprint density at radius 1 is 1.00 bits per heavy atom. The summed E-state index contributed by atoms with van der Waals surface area (Å²) in [5.74, 6) is 0.363. The molecule has 2 saturated heterocycles. The molecule has 0 N–H and O–H groups in total. The van der Waals surface area contributed by atoms with Gasteiger partial charge in [-0.3, -0.25) is 19.4 Å². The van der Waals surface area contributed by atoms with E-state index in [0.717, 1.165) is 32.7 Å². The molecule has 4 rings (SSSR count). The predicted molar refractivity (Wildman–Crippen MR) is 112 cm³/mol. The van der Waals surface area contributed by atoms with Crippen LogP contribution >= 0.6 is 0 Å². The minimum absolute atomic E-state index is 0.129. The number of carbonyl (C=O) groups is 2. The van der Waals surface area contributed by atoms with Crippen molar-refractivity contribution in [3.63, 3.8) is 0 Å². The summed E-state index contributed by atoms with van der Waals surface area (Å²) in [6, 6.07) is 15.3. The van der Waals surface area contributed by atoms with Gasteiger partial charge in [0.2, 0.25) is 5.91 Å². The summed E-state index contributed by atoms with van der Waals surface area (Å²) >= 11 is 0. The van der Waals surface area contributed by atoms with E-state index < -0.39 is 0 Å². The van der Waals surface area contributed by atoms with Crippen molar-refractivity contribution < 1.29 is 14.3 Å². The van der Waals surface area contributed by atoms with Crippen molar-refractivity contribution >= 4 is 17.5 Å². The van der Waals surface area contributed by atoms with Gasteiger partial charge >= 0.3 is 0 Å². The SMILES string of the molecule is COc1cccc(N2C(=O)C[C@@H](N3CCN(Cc4cccc(C)c4)CC3)C2=O)c1. The molecule has 1 atom stereocenters. The van der Waals surface area contributed by atoms with Crippen LogP contribution in [-0.2, 0) is 16.1 Å². The van der Waals surface area contributed by atoms with Crippen LogP contribution in [0.2, 0.25) is 0 Å². The molecule has 2 aromatic rings. The summed E-state index contributed by atoms with van der Waals surface area (Å²) < 4.78 is 5.23. The lowest BCUT2D eigenvalue weighted by Gasteiger charge is -2.37. The maximum absolute atomic E-state index is 13.0. The molecule has 6 nitrogen and oxygen atoms in total. The maximum atomic E-state index is 13.0. The smallest absolute Gasteiger partial charge is 0.251 e. The molecule has 0 unspecified atom stereocenters. The zero-order chi connectivity index (χ0) is 20.4. The lowest BCUT2D eigenvalue weighted by atomic mass is 10.1. The summed E-state index contributed by atoms with van der Waals surface area (Å²) in [4.78, 5) is 31.5. The number of aryl methyl sites for hydroxylation is 1. The summed E-state index contributed by atoms with van der Waals surface area (Å²) in [7, 11) is 1.58. The van der Waals surface area contributed by atoms with Crippen molar-refractivity contribution in [2.75, 3.05) is 38.2 Å². The van der Waals surface area contributed by atoms with E-state index in [1.165, 1.54) is 16.0 Å². The summed E-state index contributed by atoms with van der Waals surface area (Å²) in [5, 5.41) is 0. The highest BCUT2D eigenvalue weighted by Crippen LogP contribution is 2.28. The average Bonchev–Trinajstić information content (AvgIpc) is 3.02. The summed E-state index contributed by atoms with van der Waals surface area (Å²) in [6.07, 6.45) is 0.244. The van der Waals surface area contributed by atoms with Gasteiger partial charge in [-0.1, -0.05) is 35.9 Å². The Morgan fingerprint density at radius 3 is 2.48 bits per heavy atom. The Balaban J connectivity index is 1.38. The number of benzene rings is 2. The number of imide groups is 1. The third-order valence-corrected chi connectivity index (χ3v) is 5.77. The molecule has 0 spiro atoms. The van der Waals surface area contributed by atoms with Crippen molar-refractivity contribution in [1.82, 2.24) is 9.80 Å². The molecule has 152 valence electrons. The van der Waals surface area contributed by atoms with Gasteiger partial charge in [-0.05, 0) is 24.6 Å². The molecule has 0 saturated carbocycles. The molecular weight excluding hydrogens is 366 g/mol. The topological polar surface area (TPSA) is 53.1 Å².